The largest absolute Gasteiger partial charge is 0.491 e. The first-order valence-electron chi connectivity index (χ1n) is 6.60. The second-order valence-electron chi connectivity index (χ2n) is 5.25. The number of anilines is 1. The molecule has 0 atom stereocenters. The Morgan fingerprint density at radius 1 is 1.21 bits per heavy atom. The zero-order chi connectivity index (χ0) is 14.0. The maximum atomic E-state index is 5.92. The third-order valence-electron chi connectivity index (χ3n) is 2.91. The number of nitrogens with one attached hydrogen (secondary N) is 1. The Labute approximate surface area is 114 Å². The molecule has 2 aromatic rings. The highest BCUT2D eigenvalue weighted by Gasteiger charge is 2.16. The zero-order valence-corrected chi connectivity index (χ0v) is 11.9. The van der Waals surface area contributed by atoms with E-state index in [0.717, 1.165) is 22.6 Å². The third kappa shape index (κ3) is 2.89. The summed E-state index contributed by atoms with van der Waals surface area (Å²) in [5.41, 5.74) is 9.00. The summed E-state index contributed by atoms with van der Waals surface area (Å²) in [5, 5.41) is 7.14. The van der Waals surface area contributed by atoms with E-state index in [1.54, 1.807) is 0 Å². The van der Waals surface area contributed by atoms with Gasteiger partial charge in [-0.3, -0.25) is 5.10 Å². The Bertz CT molecular complexity index is 558. The fourth-order valence-electron chi connectivity index (χ4n) is 2.17. The SMILES string of the molecule is CC(C)Oc1cccc(-c2[nH]nc(N)c2C(C)C)c1. The normalized spacial score (nSPS) is 11.3. The molecular weight excluding hydrogens is 238 g/mol. The molecule has 0 aliphatic carbocycles. The van der Waals surface area contributed by atoms with Gasteiger partial charge in [0, 0.05) is 11.1 Å². The van der Waals surface area contributed by atoms with Crippen LogP contribution in [0.3, 0.4) is 0 Å². The number of aromatic nitrogens is 2. The molecule has 0 bridgehead atoms. The third-order valence-corrected chi connectivity index (χ3v) is 2.91. The molecule has 4 heteroatoms. The van der Waals surface area contributed by atoms with Gasteiger partial charge in [-0.25, -0.2) is 0 Å². The second kappa shape index (κ2) is 5.34. The average Bonchev–Trinajstić information content (AvgIpc) is 2.70. The zero-order valence-electron chi connectivity index (χ0n) is 11.9. The van der Waals surface area contributed by atoms with E-state index in [0.29, 0.717) is 11.7 Å². The maximum Gasteiger partial charge on any atom is 0.149 e. The van der Waals surface area contributed by atoms with Gasteiger partial charge in [0.25, 0.3) is 0 Å². The van der Waals surface area contributed by atoms with Crippen LogP contribution in [0.15, 0.2) is 24.3 Å². The van der Waals surface area contributed by atoms with Crippen LogP contribution in [0.25, 0.3) is 11.3 Å². The second-order valence-corrected chi connectivity index (χ2v) is 5.25. The number of aromatic amines is 1. The Morgan fingerprint density at radius 2 is 1.95 bits per heavy atom. The van der Waals surface area contributed by atoms with E-state index in [-0.39, 0.29) is 6.10 Å². The van der Waals surface area contributed by atoms with Gasteiger partial charge in [0.05, 0.1) is 11.8 Å². The molecule has 0 radical (unpaired) electrons. The van der Waals surface area contributed by atoms with Crippen molar-refractivity contribution in [1.29, 1.82) is 0 Å². The van der Waals surface area contributed by atoms with Gasteiger partial charge in [0.15, 0.2) is 0 Å². The van der Waals surface area contributed by atoms with Crippen molar-refractivity contribution in [3.05, 3.63) is 29.8 Å². The van der Waals surface area contributed by atoms with Crippen molar-refractivity contribution < 1.29 is 4.74 Å². The molecule has 2 rings (SSSR count). The van der Waals surface area contributed by atoms with Gasteiger partial charge in [-0.05, 0) is 31.9 Å². The van der Waals surface area contributed by atoms with E-state index >= 15 is 0 Å². The lowest BCUT2D eigenvalue weighted by Gasteiger charge is -2.12. The van der Waals surface area contributed by atoms with Crippen LogP contribution in [0.2, 0.25) is 0 Å². The minimum atomic E-state index is 0.159. The molecule has 0 spiro atoms. The maximum absolute atomic E-state index is 5.92. The number of H-pyrrole nitrogens is 1. The minimum absolute atomic E-state index is 0.159. The molecule has 0 saturated carbocycles. The van der Waals surface area contributed by atoms with Gasteiger partial charge >= 0.3 is 0 Å². The molecule has 0 unspecified atom stereocenters. The number of nitrogen functional groups attached to an aromatic ring is 1. The number of rotatable bonds is 4. The van der Waals surface area contributed by atoms with Gasteiger partial charge in [0.2, 0.25) is 0 Å². The number of nitrogens with zero attached hydrogens (tertiary/aromatic N) is 1. The molecular formula is C15H21N3O. The van der Waals surface area contributed by atoms with Crippen molar-refractivity contribution in [3.8, 4) is 17.0 Å². The number of nitrogens with two attached hydrogens (primary N) is 1. The summed E-state index contributed by atoms with van der Waals surface area (Å²) < 4.78 is 5.72. The molecule has 1 aromatic carbocycles. The smallest absolute Gasteiger partial charge is 0.149 e. The van der Waals surface area contributed by atoms with Crippen LogP contribution in [-0.4, -0.2) is 16.3 Å². The quantitative estimate of drug-likeness (QED) is 0.882. The molecule has 1 aromatic heterocycles. The van der Waals surface area contributed by atoms with Crippen molar-refractivity contribution in [2.75, 3.05) is 5.73 Å². The lowest BCUT2D eigenvalue weighted by molar-refractivity contribution is 0.242. The summed E-state index contributed by atoms with van der Waals surface area (Å²) in [6.45, 7) is 8.25. The van der Waals surface area contributed by atoms with E-state index in [1.165, 1.54) is 0 Å². The minimum Gasteiger partial charge on any atom is -0.491 e. The topological polar surface area (TPSA) is 63.9 Å². The van der Waals surface area contributed by atoms with E-state index in [1.807, 2.05) is 38.1 Å². The summed E-state index contributed by atoms with van der Waals surface area (Å²) in [5.74, 6) is 1.75. The standard InChI is InChI=1S/C15H21N3O/c1-9(2)13-14(17-18-15(13)16)11-6-5-7-12(8-11)19-10(3)4/h5-10H,1-4H3,(H3,16,17,18). The summed E-state index contributed by atoms with van der Waals surface area (Å²) in [6.07, 6.45) is 0.159. The number of hydrogen-bond acceptors (Lipinski definition) is 3. The summed E-state index contributed by atoms with van der Waals surface area (Å²) >= 11 is 0. The molecule has 3 N–H and O–H groups in total. The Morgan fingerprint density at radius 3 is 2.58 bits per heavy atom. The van der Waals surface area contributed by atoms with Crippen LogP contribution in [0.4, 0.5) is 5.82 Å². The Kier molecular flexibility index (Phi) is 3.79. The molecule has 19 heavy (non-hydrogen) atoms. The fourth-order valence-corrected chi connectivity index (χ4v) is 2.17. The predicted octanol–water partition coefficient (Wildman–Crippen LogP) is 3.57. The van der Waals surface area contributed by atoms with Crippen LogP contribution in [0.1, 0.15) is 39.2 Å². The molecule has 0 aliphatic heterocycles. The Balaban J connectivity index is 2.42. The highest BCUT2D eigenvalue weighted by Crippen LogP contribution is 2.32. The predicted molar refractivity (Wildman–Crippen MR) is 78.3 cm³/mol. The van der Waals surface area contributed by atoms with E-state index < -0.39 is 0 Å². The molecule has 102 valence electrons. The first-order valence-corrected chi connectivity index (χ1v) is 6.60. The van der Waals surface area contributed by atoms with Crippen LogP contribution < -0.4 is 10.5 Å². The highest BCUT2D eigenvalue weighted by molar-refractivity contribution is 5.70. The van der Waals surface area contributed by atoms with Crippen LogP contribution >= 0.6 is 0 Å². The van der Waals surface area contributed by atoms with Crippen molar-refractivity contribution in [1.82, 2.24) is 10.2 Å². The van der Waals surface area contributed by atoms with Crippen molar-refractivity contribution in [2.45, 2.75) is 39.7 Å². The number of benzene rings is 1. The van der Waals surface area contributed by atoms with Crippen LogP contribution in [0, 0.1) is 0 Å². The first-order chi connectivity index (χ1) is 8.99. The molecule has 0 saturated heterocycles. The molecule has 0 fully saturated rings. The summed E-state index contributed by atoms with van der Waals surface area (Å²) in [6, 6.07) is 7.98. The molecule has 0 amide bonds. The molecule has 0 aliphatic rings. The lowest BCUT2D eigenvalue weighted by Crippen LogP contribution is -2.05. The monoisotopic (exact) mass is 259 g/mol. The van der Waals surface area contributed by atoms with Gasteiger partial charge in [0.1, 0.15) is 11.6 Å². The van der Waals surface area contributed by atoms with Crippen LogP contribution in [0.5, 0.6) is 5.75 Å². The van der Waals surface area contributed by atoms with Crippen LogP contribution in [-0.2, 0) is 0 Å². The first kappa shape index (κ1) is 13.5. The highest BCUT2D eigenvalue weighted by atomic mass is 16.5. The molecule has 1 heterocycles. The van der Waals surface area contributed by atoms with Gasteiger partial charge in [-0.15, -0.1) is 0 Å². The lowest BCUT2D eigenvalue weighted by atomic mass is 9.98. The number of ether oxygens (including phenoxy) is 1. The summed E-state index contributed by atoms with van der Waals surface area (Å²) in [7, 11) is 0. The van der Waals surface area contributed by atoms with Crippen molar-refractivity contribution in [3.63, 3.8) is 0 Å². The van der Waals surface area contributed by atoms with E-state index in [4.69, 9.17) is 10.5 Å². The van der Waals surface area contributed by atoms with E-state index in [9.17, 15) is 0 Å². The molecule has 4 nitrogen and oxygen atoms in total. The fraction of sp³-hybridized carbons (Fsp3) is 0.400. The van der Waals surface area contributed by atoms with Gasteiger partial charge < -0.3 is 10.5 Å². The average molecular weight is 259 g/mol. The number of hydrogen-bond donors (Lipinski definition) is 2. The summed E-state index contributed by atoms with van der Waals surface area (Å²) in [4.78, 5) is 0. The van der Waals surface area contributed by atoms with E-state index in [2.05, 4.69) is 24.0 Å². The van der Waals surface area contributed by atoms with Gasteiger partial charge in [-0.1, -0.05) is 26.0 Å². The Hall–Kier alpha value is -1.97. The van der Waals surface area contributed by atoms with Crippen molar-refractivity contribution in [2.24, 2.45) is 0 Å². The van der Waals surface area contributed by atoms with Crippen molar-refractivity contribution >= 4 is 5.82 Å². The van der Waals surface area contributed by atoms with Gasteiger partial charge in [-0.2, -0.15) is 5.10 Å².